The molecule has 2 aromatic carbocycles. The Kier molecular flexibility index (Phi) is 6.43. The van der Waals surface area contributed by atoms with Crippen LogP contribution in [0, 0.1) is 0 Å². The van der Waals surface area contributed by atoms with Crippen LogP contribution >= 0.6 is 11.6 Å². The number of methoxy groups -OCH3 is 1. The zero-order valence-electron chi connectivity index (χ0n) is 15.6. The molecule has 0 saturated heterocycles. The molecule has 0 aromatic heterocycles. The fourth-order valence-corrected chi connectivity index (χ4v) is 2.82. The first kappa shape index (κ1) is 20.0. The molecule has 0 radical (unpaired) electrons. The molecule has 0 spiro atoms. The zero-order valence-corrected chi connectivity index (χ0v) is 16.3. The molecule has 0 aliphatic rings. The van der Waals surface area contributed by atoms with E-state index in [-0.39, 0.29) is 30.1 Å². The first-order valence-electron chi connectivity index (χ1n) is 8.43. The number of hydrogen-bond donors (Lipinski definition) is 1. The molecule has 0 heterocycles. The predicted molar refractivity (Wildman–Crippen MR) is 104 cm³/mol. The number of rotatable bonds is 6. The molecule has 0 aliphatic heterocycles. The molecule has 2 rings (SSSR count). The number of Topliss-reactive ketones (excluding diaryl/α,β-unsaturated/α-hetero) is 1. The van der Waals surface area contributed by atoms with E-state index >= 15 is 0 Å². The summed E-state index contributed by atoms with van der Waals surface area (Å²) in [7, 11) is 1.56. The van der Waals surface area contributed by atoms with Crippen molar-refractivity contribution in [2.75, 3.05) is 7.11 Å². The lowest BCUT2D eigenvalue weighted by Crippen LogP contribution is -2.40. The smallest absolute Gasteiger partial charge is 0.251 e. The SMILES string of the molecule is COc1ccc(Cl)cc1CC(=O)Cc1cccc(C(=O)NC(C)(C)C)c1. The summed E-state index contributed by atoms with van der Waals surface area (Å²) in [6, 6.07) is 12.4. The van der Waals surface area contributed by atoms with E-state index in [4.69, 9.17) is 16.3 Å². The van der Waals surface area contributed by atoms with Crippen LogP contribution in [0.25, 0.3) is 0 Å². The summed E-state index contributed by atoms with van der Waals surface area (Å²) in [5.41, 5.74) is 1.79. The Morgan fingerprint density at radius 2 is 1.81 bits per heavy atom. The molecule has 1 N–H and O–H groups in total. The van der Waals surface area contributed by atoms with Crippen molar-refractivity contribution >= 4 is 23.3 Å². The van der Waals surface area contributed by atoms with E-state index in [2.05, 4.69) is 5.32 Å². The number of ketones is 1. The standard InChI is InChI=1S/C21H24ClNO3/c1-21(2,3)23-20(25)15-7-5-6-14(10-15)11-18(24)13-16-12-17(22)8-9-19(16)26-4/h5-10,12H,11,13H2,1-4H3,(H,23,25). The van der Waals surface area contributed by atoms with Crippen molar-refractivity contribution in [1.29, 1.82) is 0 Å². The Morgan fingerprint density at radius 1 is 1.08 bits per heavy atom. The van der Waals surface area contributed by atoms with Gasteiger partial charge in [0.2, 0.25) is 0 Å². The second-order valence-corrected chi connectivity index (χ2v) is 7.69. The van der Waals surface area contributed by atoms with Crippen molar-refractivity contribution in [2.45, 2.75) is 39.2 Å². The van der Waals surface area contributed by atoms with Crippen LogP contribution in [-0.2, 0) is 17.6 Å². The summed E-state index contributed by atoms with van der Waals surface area (Å²) in [6.45, 7) is 5.78. The van der Waals surface area contributed by atoms with E-state index in [0.29, 0.717) is 16.3 Å². The number of amides is 1. The second-order valence-electron chi connectivity index (χ2n) is 7.25. The van der Waals surface area contributed by atoms with Gasteiger partial charge < -0.3 is 10.1 Å². The van der Waals surface area contributed by atoms with Crippen molar-refractivity contribution in [3.8, 4) is 5.75 Å². The molecular weight excluding hydrogens is 350 g/mol. The second kappa shape index (κ2) is 8.37. The quantitative estimate of drug-likeness (QED) is 0.824. The molecule has 138 valence electrons. The van der Waals surface area contributed by atoms with E-state index in [0.717, 1.165) is 11.1 Å². The van der Waals surface area contributed by atoms with Crippen LogP contribution in [0.1, 0.15) is 42.3 Å². The monoisotopic (exact) mass is 373 g/mol. The molecule has 2 aromatic rings. The zero-order chi connectivity index (χ0) is 19.3. The van der Waals surface area contributed by atoms with Crippen LogP contribution in [0.2, 0.25) is 5.02 Å². The molecule has 0 atom stereocenters. The van der Waals surface area contributed by atoms with Gasteiger partial charge in [-0.25, -0.2) is 0 Å². The van der Waals surface area contributed by atoms with Crippen LogP contribution < -0.4 is 10.1 Å². The Labute approximate surface area is 159 Å². The van der Waals surface area contributed by atoms with Crippen LogP contribution in [0.3, 0.4) is 0 Å². The number of nitrogens with one attached hydrogen (secondary N) is 1. The van der Waals surface area contributed by atoms with Crippen LogP contribution in [-0.4, -0.2) is 24.3 Å². The molecule has 26 heavy (non-hydrogen) atoms. The number of benzene rings is 2. The largest absolute Gasteiger partial charge is 0.496 e. The highest BCUT2D eigenvalue weighted by Crippen LogP contribution is 2.23. The van der Waals surface area contributed by atoms with Gasteiger partial charge in [0.15, 0.2) is 0 Å². The van der Waals surface area contributed by atoms with Gasteiger partial charge in [-0.2, -0.15) is 0 Å². The van der Waals surface area contributed by atoms with Gasteiger partial charge >= 0.3 is 0 Å². The summed E-state index contributed by atoms with van der Waals surface area (Å²) >= 11 is 6.01. The fraction of sp³-hybridized carbons (Fsp3) is 0.333. The maximum absolute atomic E-state index is 12.5. The lowest BCUT2D eigenvalue weighted by Gasteiger charge is -2.20. The van der Waals surface area contributed by atoms with Gasteiger partial charge in [0.25, 0.3) is 5.91 Å². The van der Waals surface area contributed by atoms with Gasteiger partial charge in [-0.1, -0.05) is 23.7 Å². The topological polar surface area (TPSA) is 55.4 Å². The van der Waals surface area contributed by atoms with Crippen LogP contribution in [0.4, 0.5) is 0 Å². The van der Waals surface area contributed by atoms with E-state index in [1.165, 1.54) is 0 Å². The highest BCUT2D eigenvalue weighted by molar-refractivity contribution is 6.30. The minimum absolute atomic E-state index is 0.0268. The third-order valence-corrected chi connectivity index (χ3v) is 3.94. The Morgan fingerprint density at radius 3 is 2.46 bits per heavy atom. The normalized spacial score (nSPS) is 11.1. The van der Waals surface area contributed by atoms with Gasteiger partial charge in [-0.05, 0) is 56.7 Å². The maximum Gasteiger partial charge on any atom is 0.251 e. The van der Waals surface area contributed by atoms with Gasteiger partial charge in [-0.15, -0.1) is 0 Å². The summed E-state index contributed by atoms with van der Waals surface area (Å²) in [5, 5.41) is 3.49. The first-order valence-corrected chi connectivity index (χ1v) is 8.81. The van der Waals surface area contributed by atoms with E-state index in [1.54, 1.807) is 43.5 Å². The van der Waals surface area contributed by atoms with E-state index in [1.807, 2.05) is 26.8 Å². The third kappa shape index (κ3) is 5.88. The number of halogens is 1. The predicted octanol–water partition coefficient (Wildman–Crippen LogP) is 4.23. The van der Waals surface area contributed by atoms with Gasteiger partial charge in [0.05, 0.1) is 7.11 Å². The minimum atomic E-state index is -0.313. The molecular formula is C21H24ClNO3. The van der Waals surface area contributed by atoms with Crippen LogP contribution in [0.15, 0.2) is 42.5 Å². The molecule has 5 heteroatoms. The number of hydrogen-bond acceptors (Lipinski definition) is 3. The van der Waals surface area contributed by atoms with E-state index < -0.39 is 0 Å². The van der Waals surface area contributed by atoms with Gasteiger partial charge in [-0.3, -0.25) is 9.59 Å². The van der Waals surface area contributed by atoms with Gasteiger partial charge in [0.1, 0.15) is 11.5 Å². The Balaban J connectivity index is 2.09. The lowest BCUT2D eigenvalue weighted by atomic mass is 10.00. The maximum atomic E-state index is 12.5. The van der Waals surface area contributed by atoms with Crippen molar-refractivity contribution in [1.82, 2.24) is 5.32 Å². The molecule has 4 nitrogen and oxygen atoms in total. The average Bonchev–Trinajstić information content (AvgIpc) is 2.53. The molecule has 0 aliphatic carbocycles. The molecule has 0 saturated carbocycles. The van der Waals surface area contributed by atoms with Crippen molar-refractivity contribution in [3.63, 3.8) is 0 Å². The van der Waals surface area contributed by atoms with Crippen LogP contribution in [0.5, 0.6) is 5.75 Å². The Hall–Kier alpha value is -2.33. The lowest BCUT2D eigenvalue weighted by molar-refractivity contribution is -0.117. The fourth-order valence-electron chi connectivity index (χ4n) is 2.62. The summed E-state index contributed by atoms with van der Waals surface area (Å²) in [6.07, 6.45) is 0.467. The molecule has 0 unspecified atom stereocenters. The molecule has 1 amide bonds. The van der Waals surface area contributed by atoms with Crippen molar-refractivity contribution in [2.24, 2.45) is 0 Å². The number of ether oxygens (including phenoxy) is 1. The number of carbonyl (C=O) groups excluding carboxylic acids is 2. The third-order valence-electron chi connectivity index (χ3n) is 3.71. The van der Waals surface area contributed by atoms with Crippen molar-refractivity contribution < 1.29 is 14.3 Å². The average molecular weight is 374 g/mol. The molecule has 0 fully saturated rings. The van der Waals surface area contributed by atoms with Crippen molar-refractivity contribution in [3.05, 3.63) is 64.2 Å². The molecule has 0 bridgehead atoms. The summed E-state index contributed by atoms with van der Waals surface area (Å²) < 4.78 is 5.28. The highest BCUT2D eigenvalue weighted by atomic mass is 35.5. The number of carbonyl (C=O) groups is 2. The highest BCUT2D eigenvalue weighted by Gasteiger charge is 2.16. The first-order chi connectivity index (χ1) is 12.2. The minimum Gasteiger partial charge on any atom is -0.496 e. The summed E-state index contributed by atoms with van der Waals surface area (Å²) in [5.74, 6) is 0.517. The Bertz CT molecular complexity index is 809. The van der Waals surface area contributed by atoms with Gasteiger partial charge in [0, 0.05) is 34.5 Å². The van der Waals surface area contributed by atoms with E-state index in [9.17, 15) is 9.59 Å². The summed E-state index contributed by atoms with van der Waals surface area (Å²) in [4.78, 5) is 24.8.